The highest BCUT2D eigenvalue weighted by atomic mass is 16.1. The first-order chi connectivity index (χ1) is 8.77. The van der Waals surface area contributed by atoms with Crippen LogP contribution in [-0.2, 0) is 4.79 Å². The summed E-state index contributed by atoms with van der Waals surface area (Å²) in [5.41, 5.74) is 5.73. The number of hydrogen-bond donors (Lipinski definition) is 2. The van der Waals surface area contributed by atoms with Crippen molar-refractivity contribution in [2.75, 3.05) is 27.2 Å². The van der Waals surface area contributed by atoms with Gasteiger partial charge in [0.15, 0.2) is 0 Å². The molecule has 0 aliphatic carbocycles. The van der Waals surface area contributed by atoms with Crippen molar-refractivity contribution in [3.8, 4) is 0 Å². The van der Waals surface area contributed by atoms with E-state index in [4.69, 9.17) is 5.73 Å². The number of nitrogens with one attached hydrogen (secondary N) is 1. The van der Waals surface area contributed by atoms with Crippen LogP contribution in [0.3, 0.4) is 0 Å². The molecule has 0 radical (unpaired) electrons. The van der Waals surface area contributed by atoms with E-state index in [1.54, 1.807) is 0 Å². The van der Waals surface area contributed by atoms with E-state index in [9.17, 15) is 4.79 Å². The van der Waals surface area contributed by atoms with Gasteiger partial charge in [0, 0.05) is 19.0 Å². The van der Waals surface area contributed by atoms with Crippen LogP contribution < -0.4 is 11.1 Å². The highest BCUT2D eigenvalue weighted by Gasteiger charge is 2.18. The molecular formula is C15H33N3O. The van der Waals surface area contributed by atoms with Gasteiger partial charge in [-0.25, -0.2) is 0 Å². The molecule has 3 N–H and O–H groups in total. The topological polar surface area (TPSA) is 58.4 Å². The summed E-state index contributed by atoms with van der Waals surface area (Å²) in [6, 6.07) is 0.380. The molecule has 1 amide bonds. The van der Waals surface area contributed by atoms with Crippen LogP contribution in [0.1, 0.15) is 40.5 Å². The van der Waals surface area contributed by atoms with E-state index < -0.39 is 0 Å². The zero-order valence-corrected chi connectivity index (χ0v) is 13.6. The number of likely N-dealkylation sites (N-methyl/N-ethyl adjacent to an activating group) is 1. The van der Waals surface area contributed by atoms with Crippen molar-refractivity contribution < 1.29 is 4.79 Å². The minimum Gasteiger partial charge on any atom is -0.355 e. The first-order valence-corrected chi connectivity index (χ1v) is 7.41. The van der Waals surface area contributed by atoms with Gasteiger partial charge in [-0.2, -0.15) is 0 Å². The predicted molar refractivity (Wildman–Crippen MR) is 81.9 cm³/mol. The highest BCUT2D eigenvalue weighted by molar-refractivity contribution is 5.76. The van der Waals surface area contributed by atoms with Crippen LogP contribution in [0.5, 0.6) is 0 Å². The Labute approximate surface area is 119 Å². The fourth-order valence-electron chi connectivity index (χ4n) is 2.50. The lowest BCUT2D eigenvalue weighted by Gasteiger charge is -2.28. The van der Waals surface area contributed by atoms with E-state index in [-0.39, 0.29) is 5.91 Å². The van der Waals surface area contributed by atoms with Crippen LogP contribution in [0, 0.1) is 17.8 Å². The van der Waals surface area contributed by atoms with Crippen LogP contribution in [0.25, 0.3) is 0 Å². The lowest BCUT2D eigenvalue weighted by atomic mass is 9.94. The molecule has 4 heteroatoms. The third kappa shape index (κ3) is 8.22. The zero-order valence-electron chi connectivity index (χ0n) is 13.6. The van der Waals surface area contributed by atoms with Gasteiger partial charge in [0.1, 0.15) is 0 Å². The van der Waals surface area contributed by atoms with E-state index in [0.29, 0.717) is 43.3 Å². The van der Waals surface area contributed by atoms with Crippen molar-refractivity contribution in [2.24, 2.45) is 23.5 Å². The maximum Gasteiger partial charge on any atom is 0.220 e. The molecule has 0 aromatic carbocycles. The van der Waals surface area contributed by atoms with Gasteiger partial charge in [0.25, 0.3) is 0 Å². The molecule has 19 heavy (non-hydrogen) atoms. The molecule has 0 spiro atoms. The van der Waals surface area contributed by atoms with Gasteiger partial charge < -0.3 is 16.0 Å². The van der Waals surface area contributed by atoms with Crippen LogP contribution in [0.15, 0.2) is 0 Å². The van der Waals surface area contributed by atoms with E-state index in [0.717, 1.165) is 6.42 Å². The second kappa shape index (κ2) is 9.32. The Morgan fingerprint density at radius 2 is 1.79 bits per heavy atom. The van der Waals surface area contributed by atoms with E-state index in [1.165, 1.54) is 0 Å². The van der Waals surface area contributed by atoms with Gasteiger partial charge in [0.2, 0.25) is 5.91 Å². The number of nitrogens with zero attached hydrogens (tertiary/aromatic N) is 1. The van der Waals surface area contributed by atoms with Gasteiger partial charge in [-0.15, -0.1) is 0 Å². The van der Waals surface area contributed by atoms with Crippen molar-refractivity contribution in [3.05, 3.63) is 0 Å². The number of hydrogen-bond acceptors (Lipinski definition) is 3. The Morgan fingerprint density at radius 3 is 2.16 bits per heavy atom. The van der Waals surface area contributed by atoms with Crippen molar-refractivity contribution >= 4 is 5.91 Å². The summed E-state index contributed by atoms with van der Waals surface area (Å²) < 4.78 is 0. The van der Waals surface area contributed by atoms with E-state index in [1.807, 2.05) is 0 Å². The molecule has 0 aromatic heterocycles. The zero-order chi connectivity index (χ0) is 15.0. The molecule has 0 fully saturated rings. The maximum absolute atomic E-state index is 12.0. The maximum atomic E-state index is 12.0. The molecule has 4 nitrogen and oxygen atoms in total. The second-order valence-electron chi connectivity index (χ2n) is 6.51. The Balaban J connectivity index is 4.15. The third-order valence-corrected chi connectivity index (χ3v) is 3.55. The molecule has 0 heterocycles. The Bertz CT molecular complexity index is 244. The fourth-order valence-corrected chi connectivity index (χ4v) is 2.50. The number of carbonyl (C=O) groups is 1. The number of rotatable bonds is 9. The summed E-state index contributed by atoms with van der Waals surface area (Å²) in [6.45, 7) is 9.99. The largest absolute Gasteiger partial charge is 0.355 e. The van der Waals surface area contributed by atoms with Crippen molar-refractivity contribution in [2.45, 2.75) is 46.6 Å². The van der Waals surface area contributed by atoms with Gasteiger partial charge >= 0.3 is 0 Å². The summed E-state index contributed by atoms with van der Waals surface area (Å²) in [6.07, 6.45) is 1.57. The summed E-state index contributed by atoms with van der Waals surface area (Å²) in [5, 5.41) is 3.05. The summed E-state index contributed by atoms with van der Waals surface area (Å²) in [7, 11) is 4.11. The monoisotopic (exact) mass is 271 g/mol. The minimum atomic E-state index is 0.128. The van der Waals surface area contributed by atoms with Crippen LogP contribution >= 0.6 is 0 Å². The van der Waals surface area contributed by atoms with Gasteiger partial charge in [-0.3, -0.25) is 4.79 Å². The third-order valence-electron chi connectivity index (χ3n) is 3.55. The first kappa shape index (κ1) is 18.4. The predicted octanol–water partition coefficient (Wildman–Crippen LogP) is 1.70. The van der Waals surface area contributed by atoms with Crippen LogP contribution in [-0.4, -0.2) is 44.0 Å². The molecule has 0 aliphatic heterocycles. The Kier molecular flexibility index (Phi) is 9.02. The van der Waals surface area contributed by atoms with Crippen molar-refractivity contribution in [3.63, 3.8) is 0 Å². The lowest BCUT2D eigenvalue weighted by Crippen LogP contribution is -2.43. The molecule has 2 atom stereocenters. The normalized spacial score (nSPS) is 15.1. The SMILES string of the molecule is CC(C)C[C@H](CN)CC(=O)NCC(C(C)C)N(C)C. The summed E-state index contributed by atoms with van der Waals surface area (Å²) in [4.78, 5) is 14.1. The molecule has 1 unspecified atom stereocenters. The second-order valence-corrected chi connectivity index (χ2v) is 6.51. The molecule has 0 aromatic rings. The standard InChI is InChI=1S/C15H33N3O/c1-11(2)7-13(9-16)8-15(19)17-10-14(12(3)4)18(5)6/h11-14H,7-10,16H2,1-6H3,(H,17,19)/t13-,14?/m0/s1. The van der Waals surface area contributed by atoms with Gasteiger partial charge in [-0.1, -0.05) is 27.7 Å². The average molecular weight is 271 g/mol. The summed E-state index contributed by atoms with van der Waals surface area (Å²) >= 11 is 0. The molecule has 114 valence electrons. The smallest absolute Gasteiger partial charge is 0.220 e. The Morgan fingerprint density at radius 1 is 1.21 bits per heavy atom. The lowest BCUT2D eigenvalue weighted by molar-refractivity contribution is -0.122. The molecule has 0 saturated carbocycles. The van der Waals surface area contributed by atoms with Crippen LogP contribution in [0.2, 0.25) is 0 Å². The molecule has 0 rings (SSSR count). The number of amides is 1. The Hall–Kier alpha value is -0.610. The first-order valence-electron chi connectivity index (χ1n) is 7.41. The van der Waals surface area contributed by atoms with Gasteiger partial charge in [-0.05, 0) is 44.8 Å². The van der Waals surface area contributed by atoms with E-state index >= 15 is 0 Å². The van der Waals surface area contributed by atoms with Crippen molar-refractivity contribution in [1.29, 1.82) is 0 Å². The summed E-state index contributed by atoms with van der Waals surface area (Å²) in [5.74, 6) is 1.54. The quantitative estimate of drug-likeness (QED) is 0.671. The van der Waals surface area contributed by atoms with Gasteiger partial charge in [0.05, 0.1) is 0 Å². The fraction of sp³-hybridized carbons (Fsp3) is 0.933. The number of carbonyl (C=O) groups excluding carboxylic acids is 1. The number of nitrogens with two attached hydrogens (primary N) is 1. The van der Waals surface area contributed by atoms with Crippen LogP contribution in [0.4, 0.5) is 0 Å². The highest BCUT2D eigenvalue weighted by Crippen LogP contribution is 2.14. The molecular weight excluding hydrogens is 238 g/mol. The molecule has 0 saturated heterocycles. The van der Waals surface area contributed by atoms with Crippen molar-refractivity contribution in [1.82, 2.24) is 10.2 Å². The molecule has 0 bridgehead atoms. The molecule has 0 aliphatic rings. The average Bonchev–Trinajstić information content (AvgIpc) is 2.26. The van der Waals surface area contributed by atoms with E-state index in [2.05, 4.69) is 52.0 Å². The minimum absolute atomic E-state index is 0.128.